The van der Waals surface area contributed by atoms with Crippen molar-refractivity contribution < 1.29 is 0 Å². The maximum absolute atomic E-state index is 12.4. The van der Waals surface area contributed by atoms with Crippen LogP contribution in [0, 0.1) is 5.92 Å². The van der Waals surface area contributed by atoms with Gasteiger partial charge in [-0.1, -0.05) is 58.0 Å². The molecule has 5 heteroatoms. The van der Waals surface area contributed by atoms with Gasteiger partial charge in [0.2, 0.25) is 0 Å². The van der Waals surface area contributed by atoms with Crippen LogP contribution in [0.15, 0.2) is 35.1 Å². The second-order valence-corrected chi connectivity index (χ2v) is 6.57. The molecule has 0 saturated carbocycles. The minimum atomic E-state index is -0.185. The Hall–Kier alpha value is -2.43. The number of hydrogen-bond acceptors (Lipinski definition) is 3. The van der Waals surface area contributed by atoms with Crippen molar-refractivity contribution in [3.8, 4) is 0 Å². The summed E-state index contributed by atoms with van der Waals surface area (Å²) in [5.41, 5.74) is 2.94. The van der Waals surface area contributed by atoms with Crippen molar-refractivity contribution in [2.45, 2.75) is 39.5 Å². The van der Waals surface area contributed by atoms with E-state index in [9.17, 15) is 4.79 Å². The zero-order chi connectivity index (χ0) is 16.6. The molecule has 2 heterocycles. The minimum Gasteiger partial charge on any atom is -0.308 e. The monoisotopic (exact) mass is 310 g/mol. The molecule has 0 bridgehead atoms. The topological polar surface area (TPSA) is 74.4 Å². The first-order chi connectivity index (χ1) is 11.0. The molecule has 0 amide bonds. The van der Waals surface area contributed by atoms with E-state index in [4.69, 9.17) is 4.98 Å². The van der Waals surface area contributed by atoms with Crippen LogP contribution < -0.4 is 5.56 Å². The van der Waals surface area contributed by atoms with Gasteiger partial charge in [0, 0.05) is 5.92 Å². The van der Waals surface area contributed by atoms with Crippen molar-refractivity contribution in [1.29, 1.82) is 0 Å². The number of H-pyrrole nitrogens is 2. The molecular weight excluding hydrogens is 288 g/mol. The lowest BCUT2D eigenvalue weighted by molar-refractivity contribution is 0.539. The third kappa shape index (κ3) is 2.79. The van der Waals surface area contributed by atoms with Crippen molar-refractivity contribution in [1.82, 2.24) is 20.2 Å². The lowest BCUT2D eigenvalue weighted by atomic mass is 9.87. The summed E-state index contributed by atoms with van der Waals surface area (Å²) in [7, 11) is 0. The predicted octanol–water partition coefficient (Wildman–Crippen LogP) is 3.56. The Kier molecular flexibility index (Phi) is 4.03. The van der Waals surface area contributed by atoms with Gasteiger partial charge in [-0.25, -0.2) is 4.98 Å². The molecule has 0 unspecified atom stereocenters. The molecule has 0 fully saturated rings. The van der Waals surface area contributed by atoms with E-state index < -0.39 is 0 Å². The van der Waals surface area contributed by atoms with Crippen LogP contribution in [-0.2, 0) is 0 Å². The van der Waals surface area contributed by atoms with Crippen LogP contribution in [0.4, 0.5) is 0 Å². The molecule has 0 aliphatic rings. The highest BCUT2D eigenvalue weighted by Crippen LogP contribution is 2.30. The first kappa shape index (κ1) is 15.5. The molecule has 0 spiro atoms. The smallest absolute Gasteiger partial charge is 0.279 e. The Morgan fingerprint density at radius 2 is 1.70 bits per heavy atom. The van der Waals surface area contributed by atoms with Gasteiger partial charge in [-0.15, -0.1) is 0 Å². The molecule has 2 aromatic heterocycles. The Balaban J connectivity index is 2.21. The highest BCUT2D eigenvalue weighted by Gasteiger charge is 2.23. The summed E-state index contributed by atoms with van der Waals surface area (Å²) >= 11 is 0. The molecule has 120 valence electrons. The average molecular weight is 310 g/mol. The SMILES string of the molecule is CC(C)c1[nH]nc2c(=O)[nH]c([C@H](c3ccccc3)C(C)C)nc12. The van der Waals surface area contributed by atoms with Crippen LogP contribution in [0.2, 0.25) is 0 Å². The normalized spacial score (nSPS) is 13.1. The van der Waals surface area contributed by atoms with Gasteiger partial charge >= 0.3 is 0 Å². The quantitative estimate of drug-likeness (QED) is 0.773. The van der Waals surface area contributed by atoms with E-state index in [0.717, 1.165) is 11.3 Å². The number of aromatic nitrogens is 4. The van der Waals surface area contributed by atoms with Crippen LogP contribution >= 0.6 is 0 Å². The van der Waals surface area contributed by atoms with Crippen molar-refractivity contribution in [2.75, 3.05) is 0 Å². The zero-order valence-electron chi connectivity index (χ0n) is 13.9. The van der Waals surface area contributed by atoms with Crippen molar-refractivity contribution in [3.63, 3.8) is 0 Å². The van der Waals surface area contributed by atoms with Gasteiger partial charge in [0.25, 0.3) is 5.56 Å². The summed E-state index contributed by atoms with van der Waals surface area (Å²) in [4.78, 5) is 20.1. The Bertz CT molecular complexity index is 862. The van der Waals surface area contributed by atoms with E-state index in [1.807, 2.05) is 18.2 Å². The Morgan fingerprint density at radius 3 is 2.30 bits per heavy atom. The van der Waals surface area contributed by atoms with Crippen molar-refractivity contribution in [3.05, 3.63) is 57.8 Å². The number of hydrogen-bond donors (Lipinski definition) is 2. The third-order valence-electron chi connectivity index (χ3n) is 4.15. The van der Waals surface area contributed by atoms with Gasteiger partial charge in [-0.3, -0.25) is 9.89 Å². The van der Waals surface area contributed by atoms with Gasteiger partial charge in [0.05, 0.1) is 5.69 Å². The van der Waals surface area contributed by atoms with Crippen molar-refractivity contribution >= 4 is 11.0 Å². The molecule has 0 radical (unpaired) electrons. The highest BCUT2D eigenvalue weighted by atomic mass is 16.1. The number of aromatic amines is 2. The van der Waals surface area contributed by atoms with Gasteiger partial charge in [-0.05, 0) is 17.4 Å². The molecular formula is C18H22N4O. The van der Waals surface area contributed by atoms with Gasteiger partial charge in [0.15, 0.2) is 5.52 Å². The highest BCUT2D eigenvalue weighted by molar-refractivity contribution is 5.76. The number of benzene rings is 1. The summed E-state index contributed by atoms with van der Waals surface area (Å²) in [6.45, 7) is 8.40. The van der Waals surface area contributed by atoms with E-state index in [-0.39, 0.29) is 17.4 Å². The zero-order valence-corrected chi connectivity index (χ0v) is 13.9. The van der Waals surface area contributed by atoms with Crippen LogP contribution in [0.3, 0.4) is 0 Å². The summed E-state index contributed by atoms with van der Waals surface area (Å²) < 4.78 is 0. The molecule has 5 nitrogen and oxygen atoms in total. The Morgan fingerprint density at radius 1 is 1.00 bits per heavy atom. The lowest BCUT2D eigenvalue weighted by Crippen LogP contribution is -2.19. The summed E-state index contributed by atoms with van der Waals surface area (Å²) in [5.74, 6) is 1.29. The summed E-state index contributed by atoms with van der Waals surface area (Å²) in [6.07, 6.45) is 0. The fraction of sp³-hybridized carbons (Fsp3) is 0.389. The number of rotatable bonds is 4. The number of nitrogens with zero attached hydrogens (tertiary/aromatic N) is 2. The molecule has 3 aromatic rings. The summed E-state index contributed by atoms with van der Waals surface area (Å²) in [6, 6.07) is 10.2. The largest absolute Gasteiger partial charge is 0.308 e. The second kappa shape index (κ2) is 5.99. The van der Waals surface area contributed by atoms with Gasteiger partial charge in [0.1, 0.15) is 11.3 Å². The number of fused-ring (bicyclic) bond motifs is 1. The average Bonchev–Trinajstić information content (AvgIpc) is 2.93. The molecule has 2 N–H and O–H groups in total. The van der Waals surface area contributed by atoms with Gasteiger partial charge < -0.3 is 4.98 Å². The first-order valence-corrected chi connectivity index (χ1v) is 8.02. The summed E-state index contributed by atoms with van der Waals surface area (Å²) in [5, 5.41) is 7.08. The fourth-order valence-corrected chi connectivity index (χ4v) is 3.01. The second-order valence-electron chi connectivity index (χ2n) is 6.57. The first-order valence-electron chi connectivity index (χ1n) is 8.02. The lowest BCUT2D eigenvalue weighted by Gasteiger charge is -2.20. The van der Waals surface area contributed by atoms with Crippen LogP contribution in [0.25, 0.3) is 11.0 Å². The molecule has 0 saturated heterocycles. The molecule has 1 atom stereocenters. The molecule has 0 aliphatic heterocycles. The maximum atomic E-state index is 12.4. The van der Waals surface area contributed by atoms with E-state index >= 15 is 0 Å². The molecule has 0 aliphatic carbocycles. The minimum absolute atomic E-state index is 0.0446. The van der Waals surface area contributed by atoms with E-state index in [1.165, 1.54) is 0 Å². The van der Waals surface area contributed by atoms with Crippen molar-refractivity contribution in [2.24, 2.45) is 5.92 Å². The van der Waals surface area contributed by atoms with E-state index in [1.54, 1.807) is 0 Å². The maximum Gasteiger partial charge on any atom is 0.279 e. The standard InChI is InChI=1S/C18H22N4O/c1-10(2)13(12-8-6-5-7-9-12)17-19-15-14(11(3)4)21-22-16(15)18(23)20-17/h5-11,13H,1-4H3,(H,21,22)(H,19,20,23)/t13-/m0/s1. The Labute approximate surface area is 135 Å². The van der Waals surface area contributed by atoms with E-state index in [2.05, 4.69) is 55.0 Å². The van der Waals surface area contributed by atoms with Crippen LogP contribution in [0.1, 0.15) is 56.6 Å². The predicted molar refractivity (Wildman–Crippen MR) is 91.7 cm³/mol. The molecule has 3 rings (SSSR count). The van der Waals surface area contributed by atoms with E-state index in [0.29, 0.717) is 22.8 Å². The third-order valence-corrected chi connectivity index (χ3v) is 4.15. The van der Waals surface area contributed by atoms with Crippen LogP contribution in [-0.4, -0.2) is 20.2 Å². The molecule has 23 heavy (non-hydrogen) atoms. The fourth-order valence-electron chi connectivity index (χ4n) is 3.01. The van der Waals surface area contributed by atoms with Crippen LogP contribution in [0.5, 0.6) is 0 Å². The molecule has 1 aromatic carbocycles. The van der Waals surface area contributed by atoms with Gasteiger partial charge in [-0.2, -0.15) is 5.10 Å². The number of nitrogens with one attached hydrogen (secondary N) is 2.